The first-order chi connectivity index (χ1) is 8.09. The zero-order valence-corrected chi connectivity index (χ0v) is 10.7. The molecule has 88 valence electrons. The predicted octanol–water partition coefficient (Wildman–Crippen LogP) is 3.15. The first-order valence-corrected chi connectivity index (χ1v) is 5.78. The molecular formula is C12H10Cl2N2O. The van der Waals surface area contributed by atoms with Crippen LogP contribution in [0.3, 0.4) is 0 Å². The van der Waals surface area contributed by atoms with Crippen molar-refractivity contribution in [1.82, 2.24) is 9.55 Å². The smallest absolute Gasteiger partial charge is 0.202 e. The number of halogens is 2. The summed E-state index contributed by atoms with van der Waals surface area (Å²) in [5.74, 6) is 0.300. The van der Waals surface area contributed by atoms with Crippen LogP contribution in [0.1, 0.15) is 16.2 Å². The maximum absolute atomic E-state index is 12.0. The van der Waals surface area contributed by atoms with E-state index in [-0.39, 0.29) is 12.2 Å². The third kappa shape index (κ3) is 2.51. The molecular weight excluding hydrogens is 259 g/mol. The summed E-state index contributed by atoms with van der Waals surface area (Å²) in [5, 5.41) is 1.00. The second-order valence-electron chi connectivity index (χ2n) is 3.66. The normalized spacial score (nSPS) is 10.5. The van der Waals surface area contributed by atoms with Gasteiger partial charge in [0.25, 0.3) is 0 Å². The van der Waals surface area contributed by atoms with Crippen molar-refractivity contribution in [1.29, 1.82) is 0 Å². The predicted molar refractivity (Wildman–Crippen MR) is 67.7 cm³/mol. The monoisotopic (exact) mass is 268 g/mol. The van der Waals surface area contributed by atoms with Gasteiger partial charge in [-0.1, -0.05) is 29.3 Å². The lowest BCUT2D eigenvalue weighted by atomic mass is 10.1. The molecule has 1 heterocycles. The molecule has 0 aliphatic heterocycles. The van der Waals surface area contributed by atoms with Crippen LogP contribution >= 0.6 is 23.2 Å². The summed E-state index contributed by atoms with van der Waals surface area (Å²) in [6.07, 6.45) is 3.46. The van der Waals surface area contributed by atoms with Gasteiger partial charge in [0.1, 0.15) is 0 Å². The minimum atomic E-state index is -0.104. The van der Waals surface area contributed by atoms with Crippen molar-refractivity contribution < 1.29 is 4.79 Å². The molecule has 0 atom stereocenters. The molecule has 1 aromatic carbocycles. The van der Waals surface area contributed by atoms with Crippen LogP contribution in [0.25, 0.3) is 0 Å². The number of hydrogen-bond donors (Lipinski definition) is 0. The Balaban J connectivity index is 2.28. The lowest BCUT2D eigenvalue weighted by Gasteiger charge is -2.06. The van der Waals surface area contributed by atoms with E-state index in [0.717, 1.165) is 0 Å². The summed E-state index contributed by atoms with van der Waals surface area (Å²) >= 11 is 12.0. The van der Waals surface area contributed by atoms with E-state index in [1.807, 2.05) is 0 Å². The summed E-state index contributed by atoms with van der Waals surface area (Å²) in [6.45, 7) is 0. The number of nitrogens with zero attached hydrogens (tertiary/aromatic N) is 2. The number of carbonyl (C=O) groups is 1. The molecule has 0 N–H and O–H groups in total. The molecule has 0 unspecified atom stereocenters. The molecule has 5 heteroatoms. The molecule has 0 bridgehead atoms. The Morgan fingerprint density at radius 3 is 2.53 bits per heavy atom. The van der Waals surface area contributed by atoms with Crippen molar-refractivity contribution in [2.24, 2.45) is 7.05 Å². The van der Waals surface area contributed by atoms with Crippen LogP contribution < -0.4 is 0 Å². The third-order valence-corrected chi connectivity index (χ3v) is 3.18. The standard InChI is InChI=1S/C12H10Cl2N2O/c1-16-6-5-15-12(16)11(17)7-8-9(13)3-2-4-10(8)14/h2-6H,7H2,1H3. The molecule has 17 heavy (non-hydrogen) atoms. The molecule has 0 aliphatic rings. The highest BCUT2D eigenvalue weighted by molar-refractivity contribution is 6.36. The van der Waals surface area contributed by atoms with E-state index in [4.69, 9.17) is 23.2 Å². The second kappa shape index (κ2) is 4.90. The third-order valence-electron chi connectivity index (χ3n) is 2.47. The van der Waals surface area contributed by atoms with Gasteiger partial charge in [0.2, 0.25) is 5.78 Å². The molecule has 0 saturated carbocycles. The van der Waals surface area contributed by atoms with Crippen molar-refractivity contribution in [3.63, 3.8) is 0 Å². The van der Waals surface area contributed by atoms with Crippen molar-refractivity contribution in [2.75, 3.05) is 0 Å². The highest BCUT2D eigenvalue weighted by Gasteiger charge is 2.15. The van der Waals surface area contributed by atoms with E-state index in [1.54, 1.807) is 42.2 Å². The Bertz CT molecular complexity index is 543. The van der Waals surface area contributed by atoms with Gasteiger partial charge in [-0.2, -0.15) is 0 Å². The Hall–Kier alpha value is -1.32. The Kier molecular flexibility index (Phi) is 3.50. The van der Waals surface area contributed by atoms with Gasteiger partial charge in [0, 0.05) is 35.9 Å². The van der Waals surface area contributed by atoms with Gasteiger partial charge in [0.15, 0.2) is 5.82 Å². The maximum Gasteiger partial charge on any atom is 0.202 e. The Labute approximate surface area is 109 Å². The number of benzene rings is 1. The first kappa shape index (κ1) is 12.1. The maximum atomic E-state index is 12.0. The van der Waals surface area contributed by atoms with Crippen LogP contribution in [0.2, 0.25) is 10.0 Å². The summed E-state index contributed by atoms with van der Waals surface area (Å²) in [6, 6.07) is 5.18. The van der Waals surface area contributed by atoms with Crippen LogP contribution in [0.5, 0.6) is 0 Å². The average molecular weight is 269 g/mol. The van der Waals surface area contributed by atoms with Gasteiger partial charge in [-0.25, -0.2) is 4.98 Å². The zero-order valence-electron chi connectivity index (χ0n) is 9.15. The zero-order chi connectivity index (χ0) is 12.4. The largest absolute Gasteiger partial charge is 0.332 e. The molecule has 2 aromatic rings. The summed E-state index contributed by atoms with van der Waals surface area (Å²) < 4.78 is 1.67. The summed E-state index contributed by atoms with van der Waals surface area (Å²) in [5.41, 5.74) is 0.642. The molecule has 0 radical (unpaired) electrons. The second-order valence-corrected chi connectivity index (χ2v) is 4.48. The molecule has 0 amide bonds. The first-order valence-electron chi connectivity index (χ1n) is 5.03. The average Bonchev–Trinajstić information content (AvgIpc) is 2.70. The quantitative estimate of drug-likeness (QED) is 0.802. The van der Waals surface area contributed by atoms with Crippen LogP contribution in [0, 0.1) is 0 Å². The van der Waals surface area contributed by atoms with Crippen molar-refractivity contribution >= 4 is 29.0 Å². The van der Waals surface area contributed by atoms with Crippen LogP contribution in [0.4, 0.5) is 0 Å². The van der Waals surface area contributed by atoms with Crippen molar-refractivity contribution in [2.45, 2.75) is 6.42 Å². The fourth-order valence-corrected chi connectivity index (χ4v) is 2.11. The van der Waals surface area contributed by atoms with E-state index < -0.39 is 0 Å². The van der Waals surface area contributed by atoms with Crippen LogP contribution in [-0.4, -0.2) is 15.3 Å². The highest BCUT2D eigenvalue weighted by Crippen LogP contribution is 2.25. The topological polar surface area (TPSA) is 34.9 Å². The molecule has 0 saturated heterocycles. The van der Waals surface area contributed by atoms with E-state index in [2.05, 4.69) is 4.98 Å². The van der Waals surface area contributed by atoms with Gasteiger partial charge in [0.05, 0.1) is 0 Å². The number of aryl methyl sites for hydroxylation is 1. The Morgan fingerprint density at radius 2 is 2.00 bits per heavy atom. The van der Waals surface area contributed by atoms with E-state index >= 15 is 0 Å². The number of carbonyl (C=O) groups excluding carboxylic acids is 1. The number of rotatable bonds is 3. The van der Waals surface area contributed by atoms with E-state index in [9.17, 15) is 4.79 Å². The number of aromatic nitrogens is 2. The fraction of sp³-hybridized carbons (Fsp3) is 0.167. The molecule has 0 fully saturated rings. The van der Waals surface area contributed by atoms with Crippen LogP contribution in [-0.2, 0) is 13.5 Å². The van der Waals surface area contributed by atoms with Gasteiger partial charge < -0.3 is 4.57 Å². The number of imidazole rings is 1. The number of Topliss-reactive ketones (excluding diaryl/α,β-unsaturated/α-hetero) is 1. The minimum absolute atomic E-state index is 0.104. The lowest BCUT2D eigenvalue weighted by molar-refractivity contribution is 0.0980. The van der Waals surface area contributed by atoms with Gasteiger partial charge >= 0.3 is 0 Å². The van der Waals surface area contributed by atoms with E-state index in [1.165, 1.54) is 0 Å². The van der Waals surface area contributed by atoms with Crippen LogP contribution in [0.15, 0.2) is 30.6 Å². The van der Waals surface area contributed by atoms with Gasteiger partial charge in [-0.05, 0) is 17.7 Å². The van der Waals surface area contributed by atoms with Gasteiger partial charge in [-0.3, -0.25) is 4.79 Å². The van der Waals surface area contributed by atoms with Crippen molar-refractivity contribution in [3.8, 4) is 0 Å². The van der Waals surface area contributed by atoms with E-state index in [0.29, 0.717) is 21.4 Å². The lowest BCUT2D eigenvalue weighted by Crippen LogP contribution is -2.10. The molecule has 1 aromatic heterocycles. The Morgan fingerprint density at radius 1 is 1.35 bits per heavy atom. The number of hydrogen-bond acceptors (Lipinski definition) is 2. The minimum Gasteiger partial charge on any atom is -0.332 e. The molecule has 0 aliphatic carbocycles. The van der Waals surface area contributed by atoms with Gasteiger partial charge in [-0.15, -0.1) is 0 Å². The summed E-state index contributed by atoms with van der Waals surface area (Å²) in [7, 11) is 1.77. The fourth-order valence-electron chi connectivity index (χ4n) is 1.58. The SMILES string of the molecule is Cn1ccnc1C(=O)Cc1c(Cl)cccc1Cl. The highest BCUT2D eigenvalue weighted by atomic mass is 35.5. The molecule has 0 spiro atoms. The molecule has 2 rings (SSSR count). The molecule has 3 nitrogen and oxygen atoms in total. The summed E-state index contributed by atoms with van der Waals surface area (Å²) in [4.78, 5) is 16.0. The number of ketones is 1. The van der Waals surface area contributed by atoms with Crippen molar-refractivity contribution in [3.05, 3.63) is 52.0 Å².